The Kier molecular flexibility index (Phi) is 7.73. The van der Waals surface area contributed by atoms with Gasteiger partial charge >= 0.3 is 12.4 Å². The van der Waals surface area contributed by atoms with Crippen LogP contribution < -0.4 is 11.1 Å². The zero-order valence-corrected chi connectivity index (χ0v) is 18.6. The number of nitrogens with one attached hydrogen (secondary N) is 1. The molecule has 0 unspecified atom stereocenters. The number of hydrogen-bond acceptors (Lipinski definition) is 3. The Morgan fingerprint density at radius 3 is 2.11 bits per heavy atom. The number of halogens is 8. The zero-order valence-electron chi connectivity index (χ0n) is 17.9. The van der Waals surface area contributed by atoms with Crippen LogP contribution in [0, 0.1) is 5.82 Å². The number of para-hydroxylation sites is 1. The fourth-order valence-electron chi connectivity index (χ4n) is 2.90. The summed E-state index contributed by atoms with van der Waals surface area (Å²) in [4.78, 5) is 16.6. The third-order valence-electron chi connectivity index (χ3n) is 4.69. The molecule has 1 amide bonds. The number of allylic oxidation sites excluding steroid dienone is 2. The summed E-state index contributed by atoms with van der Waals surface area (Å²) >= 11 is 6.05. The Morgan fingerprint density at radius 2 is 1.53 bits per heavy atom. The molecule has 3 aromatic carbocycles. The summed E-state index contributed by atoms with van der Waals surface area (Å²) in [6.45, 7) is 0. The minimum Gasteiger partial charge on any atom is -0.395 e. The Bertz CT molecular complexity index is 1330. The molecular formula is C24H15ClF7N3O. The highest BCUT2D eigenvalue weighted by molar-refractivity contribution is 6.33. The van der Waals surface area contributed by atoms with E-state index >= 15 is 0 Å². The molecule has 0 aliphatic heterocycles. The SMILES string of the molecule is N/C(=C\C(=Nc1ccccc1Cl)c1ccc(C(=O)Nc2ccc(F)c(C(F)(F)F)c2)cc1)C(F)(F)F. The molecule has 4 nitrogen and oxygen atoms in total. The van der Waals surface area contributed by atoms with Gasteiger partial charge in [-0.1, -0.05) is 35.9 Å². The number of hydrogen-bond donors (Lipinski definition) is 2. The second-order valence-electron chi connectivity index (χ2n) is 7.27. The molecule has 0 radical (unpaired) electrons. The van der Waals surface area contributed by atoms with Crippen LogP contribution in [-0.2, 0) is 6.18 Å². The minimum atomic E-state index is -4.96. The van der Waals surface area contributed by atoms with E-state index in [4.69, 9.17) is 17.3 Å². The first-order valence-electron chi connectivity index (χ1n) is 9.92. The number of benzene rings is 3. The molecule has 0 spiro atoms. The quantitative estimate of drug-likeness (QED) is 0.269. The van der Waals surface area contributed by atoms with Crippen LogP contribution in [0.25, 0.3) is 0 Å². The van der Waals surface area contributed by atoms with E-state index in [1.165, 1.54) is 36.4 Å². The van der Waals surface area contributed by atoms with E-state index in [1.54, 1.807) is 12.1 Å². The standard InChI is InChI=1S/C24H15ClF7N3O/c25-17-3-1-2-4-19(17)35-20(12-21(33)24(30,31)32)13-5-7-14(8-6-13)22(36)34-15-9-10-18(26)16(11-15)23(27,28)29/h1-12H,33H2,(H,34,36)/b21-12-,35-20?. The number of aliphatic imine (C=N–C) groups is 1. The zero-order chi connectivity index (χ0) is 26.7. The van der Waals surface area contributed by atoms with Gasteiger partial charge in [-0.25, -0.2) is 9.38 Å². The van der Waals surface area contributed by atoms with Gasteiger partial charge in [-0.3, -0.25) is 4.79 Å². The number of carbonyl (C=O) groups excluding carboxylic acids is 1. The van der Waals surface area contributed by atoms with E-state index in [0.29, 0.717) is 18.2 Å². The van der Waals surface area contributed by atoms with Crippen molar-refractivity contribution in [3.8, 4) is 0 Å². The van der Waals surface area contributed by atoms with Crippen molar-refractivity contribution in [1.29, 1.82) is 0 Å². The lowest BCUT2D eigenvalue weighted by Crippen LogP contribution is -2.21. The molecule has 0 aromatic heterocycles. The van der Waals surface area contributed by atoms with E-state index in [2.05, 4.69) is 10.3 Å². The van der Waals surface area contributed by atoms with Gasteiger partial charge in [0.15, 0.2) is 0 Å². The van der Waals surface area contributed by atoms with Crippen LogP contribution in [0.2, 0.25) is 5.02 Å². The molecule has 0 bridgehead atoms. The molecule has 0 atom stereocenters. The molecule has 0 saturated heterocycles. The fraction of sp³-hybridized carbons (Fsp3) is 0.0833. The van der Waals surface area contributed by atoms with Crippen LogP contribution in [0.5, 0.6) is 0 Å². The van der Waals surface area contributed by atoms with Crippen molar-refractivity contribution in [1.82, 2.24) is 0 Å². The molecule has 3 rings (SSSR count). The largest absolute Gasteiger partial charge is 0.430 e. The predicted molar refractivity (Wildman–Crippen MR) is 122 cm³/mol. The normalized spacial score (nSPS) is 13.0. The van der Waals surface area contributed by atoms with E-state index in [1.807, 2.05) is 0 Å². The molecule has 0 saturated carbocycles. The highest BCUT2D eigenvalue weighted by Crippen LogP contribution is 2.33. The Labute approximate surface area is 204 Å². The van der Waals surface area contributed by atoms with Gasteiger partial charge in [-0.05, 0) is 48.5 Å². The molecule has 3 N–H and O–H groups in total. The van der Waals surface area contributed by atoms with Crippen LogP contribution in [0.3, 0.4) is 0 Å². The molecular weight excluding hydrogens is 515 g/mol. The third kappa shape index (κ3) is 6.63. The van der Waals surface area contributed by atoms with E-state index in [0.717, 1.165) is 6.07 Å². The monoisotopic (exact) mass is 529 g/mol. The molecule has 0 aliphatic carbocycles. The highest BCUT2D eigenvalue weighted by Gasteiger charge is 2.34. The van der Waals surface area contributed by atoms with Gasteiger partial charge in [0, 0.05) is 16.8 Å². The van der Waals surface area contributed by atoms with Crippen molar-refractivity contribution in [3.05, 3.63) is 106 Å². The molecule has 188 valence electrons. The van der Waals surface area contributed by atoms with Crippen LogP contribution in [0.15, 0.2) is 83.5 Å². The molecule has 0 heterocycles. The Morgan fingerprint density at radius 1 is 0.917 bits per heavy atom. The number of carbonyl (C=O) groups is 1. The summed E-state index contributed by atoms with van der Waals surface area (Å²) in [5, 5.41) is 2.38. The fourth-order valence-corrected chi connectivity index (χ4v) is 3.08. The minimum absolute atomic E-state index is 0.0403. The lowest BCUT2D eigenvalue weighted by atomic mass is 10.1. The maximum atomic E-state index is 13.5. The van der Waals surface area contributed by atoms with E-state index in [-0.39, 0.29) is 33.2 Å². The summed E-state index contributed by atoms with van der Waals surface area (Å²) in [6, 6.07) is 13.1. The lowest BCUT2D eigenvalue weighted by molar-refractivity contribution is -0.139. The molecule has 36 heavy (non-hydrogen) atoms. The van der Waals surface area contributed by atoms with Crippen LogP contribution in [0.4, 0.5) is 42.1 Å². The summed E-state index contributed by atoms with van der Waals surface area (Å²) < 4.78 is 91.2. The van der Waals surface area contributed by atoms with Crippen molar-refractivity contribution in [2.75, 3.05) is 5.32 Å². The van der Waals surface area contributed by atoms with Crippen molar-refractivity contribution in [3.63, 3.8) is 0 Å². The number of alkyl halides is 6. The number of nitrogens with two attached hydrogens (primary N) is 1. The van der Waals surface area contributed by atoms with Gasteiger partial charge in [0.2, 0.25) is 0 Å². The van der Waals surface area contributed by atoms with E-state index < -0.39 is 35.3 Å². The number of nitrogens with zero attached hydrogens (tertiary/aromatic N) is 1. The predicted octanol–water partition coefficient (Wildman–Crippen LogP) is 7.28. The second-order valence-corrected chi connectivity index (χ2v) is 7.68. The topological polar surface area (TPSA) is 67.5 Å². The van der Waals surface area contributed by atoms with Crippen molar-refractivity contribution >= 4 is 34.6 Å². The number of rotatable bonds is 5. The van der Waals surface area contributed by atoms with Gasteiger partial charge in [-0.2, -0.15) is 26.3 Å². The van der Waals surface area contributed by atoms with Crippen LogP contribution in [0.1, 0.15) is 21.5 Å². The number of anilines is 1. The average Bonchev–Trinajstić information content (AvgIpc) is 2.80. The van der Waals surface area contributed by atoms with Gasteiger partial charge in [0.25, 0.3) is 5.91 Å². The average molecular weight is 530 g/mol. The van der Waals surface area contributed by atoms with E-state index in [9.17, 15) is 35.5 Å². The third-order valence-corrected chi connectivity index (χ3v) is 5.01. The first-order chi connectivity index (χ1) is 16.8. The molecule has 0 aliphatic rings. The summed E-state index contributed by atoms with van der Waals surface area (Å²) in [5.41, 5.74) is 1.92. The van der Waals surface area contributed by atoms with Gasteiger partial charge < -0.3 is 11.1 Å². The summed E-state index contributed by atoms with van der Waals surface area (Å²) in [6.07, 6.45) is -9.18. The molecule has 0 fully saturated rings. The Hall–Kier alpha value is -3.86. The molecule has 3 aromatic rings. The van der Waals surface area contributed by atoms with Gasteiger partial charge in [0.05, 0.1) is 22.0 Å². The van der Waals surface area contributed by atoms with Crippen molar-refractivity contribution in [2.45, 2.75) is 12.4 Å². The highest BCUT2D eigenvalue weighted by atomic mass is 35.5. The maximum absolute atomic E-state index is 13.5. The summed E-state index contributed by atoms with van der Waals surface area (Å²) in [7, 11) is 0. The van der Waals surface area contributed by atoms with Crippen LogP contribution >= 0.6 is 11.6 Å². The van der Waals surface area contributed by atoms with Crippen LogP contribution in [-0.4, -0.2) is 17.8 Å². The second kappa shape index (κ2) is 10.4. The molecule has 12 heteroatoms. The summed E-state index contributed by atoms with van der Waals surface area (Å²) in [5.74, 6) is -2.34. The van der Waals surface area contributed by atoms with Crippen molar-refractivity contribution < 1.29 is 35.5 Å². The smallest absolute Gasteiger partial charge is 0.395 e. The first kappa shape index (κ1) is 26.7. The van der Waals surface area contributed by atoms with Crippen molar-refractivity contribution in [2.24, 2.45) is 10.7 Å². The maximum Gasteiger partial charge on any atom is 0.430 e. The first-order valence-corrected chi connectivity index (χ1v) is 10.3. The lowest BCUT2D eigenvalue weighted by Gasteiger charge is -2.12. The number of amides is 1. The Balaban J connectivity index is 1.92. The van der Waals surface area contributed by atoms with Gasteiger partial charge in [-0.15, -0.1) is 0 Å². The van der Waals surface area contributed by atoms with Gasteiger partial charge in [0.1, 0.15) is 11.5 Å².